The van der Waals surface area contributed by atoms with Gasteiger partial charge in [0.25, 0.3) is 0 Å². The van der Waals surface area contributed by atoms with Crippen molar-refractivity contribution in [1.29, 1.82) is 0 Å². The fourth-order valence-corrected chi connectivity index (χ4v) is 4.81. The van der Waals surface area contributed by atoms with Crippen LogP contribution in [0, 0.1) is 11.8 Å². The lowest BCUT2D eigenvalue weighted by atomic mass is 9.83. The molecule has 0 aromatic carbocycles. The first-order chi connectivity index (χ1) is 13.7. The standard InChI is InChI=1S/C23H42N2O4/c1-22(2,18-10-14-24-15-11-18)28-20(26)8-6-5-7-9-21(27)29-23(3,4)19-12-16-25-17-13-19/h18-19,24-25H,5-17H2,1-4H3/p+2. The van der Waals surface area contributed by atoms with Crippen molar-refractivity contribution in [2.75, 3.05) is 26.2 Å². The minimum atomic E-state index is -0.377. The zero-order chi connectivity index (χ0) is 21.3. The van der Waals surface area contributed by atoms with Crippen LogP contribution in [0.1, 0.15) is 85.5 Å². The Morgan fingerprint density at radius 2 is 1.03 bits per heavy atom. The lowest BCUT2D eigenvalue weighted by molar-refractivity contribution is -0.666. The number of ether oxygens (including phenoxy) is 2. The summed E-state index contributed by atoms with van der Waals surface area (Å²) in [6.45, 7) is 12.7. The number of unbranched alkanes of at least 4 members (excludes halogenated alkanes) is 2. The van der Waals surface area contributed by atoms with Gasteiger partial charge < -0.3 is 20.1 Å². The van der Waals surface area contributed by atoms with E-state index in [4.69, 9.17) is 9.47 Å². The topological polar surface area (TPSA) is 85.8 Å². The molecule has 0 aliphatic carbocycles. The van der Waals surface area contributed by atoms with E-state index in [1.165, 1.54) is 0 Å². The van der Waals surface area contributed by atoms with Gasteiger partial charge in [-0.15, -0.1) is 0 Å². The minimum absolute atomic E-state index is 0.109. The summed E-state index contributed by atoms with van der Waals surface area (Å²) in [5.41, 5.74) is -0.755. The van der Waals surface area contributed by atoms with E-state index < -0.39 is 0 Å². The third-order valence-corrected chi connectivity index (χ3v) is 6.86. The summed E-state index contributed by atoms with van der Waals surface area (Å²) in [5, 5.41) is 4.66. The van der Waals surface area contributed by atoms with Crippen LogP contribution in [0.25, 0.3) is 0 Å². The van der Waals surface area contributed by atoms with E-state index in [1.807, 2.05) is 27.7 Å². The second kappa shape index (κ2) is 11.3. The Kier molecular flexibility index (Phi) is 9.41. The molecular weight excluding hydrogens is 368 g/mol. The maximum atomic E-state index is 12.2. The number of rotatable bonds is 10. The van der Waals surface area contributed by atoms with Crippen molar-refractivity contribution in [2.45, 2.75) is 96.7 Å². The second-order valence-electron chi connectivity index (χ2n) is 10.00. The second-order valence-corrected chi connectivity index (χ2v) is 10.00. The highest BCUT2D eigenvalue weighted by Gasteiger charge is 2.36. The van der Waals surface area contributed by atoms with Gasteiger partial charge >= 0.3 is 11.9 Å². The van der Waals surface area contributed by atoms with Gasteiger partial charge in [0.1, 0.15) is 11.2 Å². The van der Waals surface area contributed by atoms with Crippen LogP contribution in [0.15, 0.2) is 0 Å². The number of piperidine rings is 2. The van der Waals surface area contributed by atoms with Crippen LogP contribution in [0.3, 0.4) is 0 Å². The molecule has 2 saturated heterocycles. The summed E-state index contributed by atoms with van der Waals surface area (Å²) in [6, 6.07) is 0. The number of hydrogen-bond acceptors (Lipinski definition) is 4. The fourth-order valence-electron chi connectivity index (χ4n) is 4.81. The van der Waals surface area contributed by atoms with Gasteiger partial charge in [-0.25, -0.2) is 0 Å². The van der Waals surface area contributed by atoms with Crippen molar-refractivity contribution < 1.29 is 29.7 Å². The smallest absolute Gasteiger partial charge is 0.306 e. The third-order valence-electron chi connectivity index (χ3n) is 6.86. The summed E-state index contributed by atoms with van der Waals surface area (Å²) < 4.78 is 11.6. The molecule has 0 unspecified atom stereocenters. The lowest BCUT2D eigenvalue weighted by Gasteiger charge is -2.35. The lowest BCUT2D eigenvalue weighted by Crippen LogP contribution is -2.86. The van der Waals surface area contributed by atoms with Crippen LogP contribution >= 0.6 is 0 Å². The van der Waals surface area contributed by atoms with Crippen LogP contribution in [0.2, 0.25) is 0 Å². The number of hydrogen-bond donors (Lipinski definition) is 2. The Balaban J connectivity index is 1.58. The van der Waals surface area contributed by atoms with E-state index in [-0.39, 0.29) is 23.1 Å². The van der Waals surface area contributed by atoms with Gasteiger partial charge in [-0.2, -0.15) is 0 Å². The van der Waals surface area contributed by atoms with Crippen LogP contribution in [-0.4, -0.2) is 49.3 Å². The molecule has 0 amide bonds. The minimum Gasteiger partial charge on any atom is -0.459 e. The van der Waals surface area contributed by atoms with Gasteiger partial charge in [-0.1, -0.05) is 6.42 Å². The Labute approximate surface area is 176 Å². The summed E-state index contributed by atoms with van der Waals surface area (Å²) in [4.78, 5) is 24.5. The van der Waals surface area contributed by atoms with Gasteiger partial charge in [0.2, 0.25) is 0 Å². The molecule has 29 heavy (non-hydrogen) atoms. The van der Waals surface area contributed by atoms with Crippen molar-refractivity contribution in [3.05, 3.63) is 0 Å². The molecule has 0 atom stereocenters. The predicted octanol–water partition coefficient (Wildman–Crippen LogP) is 1.53. The molecule has 0 saturated carbocycles. The summed E-state index contributed by atoms with van der Waals surface area (Å²) in [5.74, 6) is 0.693. The molecule has 6 nitrogen and oxygen atoms in total. The molecule has 2 aliphatic rings. The van der Waals surface area contributed by atoms with Crippen LogP contribution < -0.4 is 10.6 Å². The van der Waals surface area contributed by atoms with Crippen LogP contribution in [-0.2, 0) is 19.1 Å². The van der Waals surface area contributed by atoms with Gasteiger partial charge in [-0.05, 0) is 40.5 Å². The van der Waals surface area contributed by atoms with E-state index in [1.54, 1.807) is 0 Å². The Morgan fingerprint density at radius 1 is 0.690 bits per heavy atom. The van der Waals surface area contributed by atoms with Gasteiger partial charge in [-0.3, -0.25) is 9.59 Å². The van der Waals surface area contributed by atoms with Crippen LogP contribution in [0.5, 0.6) is 0 Å². The Hall–Kier alpha value is -1.14. The number of carbonyl (C=O) groups excluding carboxylic acids is 2. The zero-order valence-corrected chi connectivity index (χ0v) is 19.1. The van der Waals surface area contributed by atoms with E-state index >= 15 is 0 Å². The highest BCUT2D eigenvalue weighted by Crippen LogP contribution is 2.29. The fraction of sp³-hybridized carbons (Fsp3) is 0.913. The Bertz CT molecular complexity index is 475. The largest absolute Gasteiger partial charge is 0.459 e. The number of quaternary nitrogens is 2. The maximum absolute atomic E-state index is 12.2. The first-order valence-corrected chi connectivity index (χ1v) is 11.8. The Morgan fingerprint density at radius 3 is 1.38 bits per heavy atom. The molecule has 4 N–H and O–H groups in total. The molecule has 2 heterocycles. The van der Waals surface area contributed by atoms with Gasteiger partial charge in [0, 0.05) is 50.4 Å². The molecule has 6 heteroatoms. The molecule has 0 aromatic rings. The van der Waals surface area contributed by atoms with Crippen molar-refractivity contribution >= 4 is 11.9 Å². The monoisotopic (exact) mass is 412 g/mol. The normalized spacial score (nSPS) is 19.7. The molecule has 0 spiro atoms. The van der Waals surface area contributed by atoms with E-state index in [0.717, 1.165) is 71.1 Å². The summed E-state index contributed by atoms with van der Waals surface area (Å²) in [6.07, 6.45) is 7.68. The molecule has 0 radical (unpaired) electrons. The number of esters is 2. The van der Waals surface area contributed by atoms with Crippen molar-refractivity contribution in [3.8, 4) is 0 Å². The molecule has 0 aromatic heterocycles. The van der Waals surface area contributed by atoms with Crippen molar-refractivity contribution in [1.82, 2.24) is 0 Å². The van der Waals surface area contributed by atoms with Crippen LogP contribution in [0.4, 0.5) is 0 Å². The molecule has 2 aliphatic heterocycles. The predicted molar refractivity (Wildman–Crippen MR) is 112 cm³/mol. The van der Waals surface area contributed by atoms with Gasteiger partial charge in [0.05, 0.1) is 26.2 Å². The highest BCUT2D eigenvalue weighted by atomic mass is 16.6. The van der Waals surface area contributed by atoms with Crippen molar-refractivity contribution in [3.63, 3.8) is 0 Å². The van der Waals surface area contributed by atoms with Crippen molar-refractivity contribution in [2.24, 2.45) is 11.8 Å². The maximum Gasteiger partial charge on any atom is 0.306 e. The molecule has 2 rings (SSSR count). The third kappa shape index (κ3) is 8.25. The first-order valence-electron chi connectivity index (χ1n) is 11.8. The van der Waals surface area contributed by atoms with E-state index in [9.17, 15) is 9.59 Å². The number of nitrogens with two attached hydrogens (primary N) is 2. The highest BCUT2D eigenvalue weighted by molar-refractivity contribution is 5.70. The first kappa shape index (κ1) is 24.1. The molecule has 0 bridgehead atoms. The SMILES string of the molecule is CC(C)(OC(=O)CCCCCC(=O)OC(C)(C)C1CC[NH2+]CC1)C1CC[NH2+]CC1. The number of carbonyl (C=O) groups is 2. The molecule has 2 fully saturated rings. The van der Waals surface area contributed by atoms with E-state index in [2.05, 4.69) is 10.6 Å². The van der Waals surface area contributed by atoms with Gasteiger partial charge in [0.15, 0.2) is 0 Å². The molecule has 168 valence electrons. The summed E-state index contributed by atoms with van der Waals surface area (Å²) in [7, 11) is 0. The average Bonchev–Trinajstić information content (AvgIpc) is 2.68. The molecular formula is C23H44N2O4+2. The quantitative estimate of drug-likeness (QED) is 0.421. The average molecular weight is 413 g/mol. The summed E-state index contributed by atoms with van der Waals surface area (Å²) >= 11 is 0. The van der Waals surface area contributed by atoms with E-state index in [0.29, 0.717) is 24.7 Å². The zero-order valence-electron chi connectivity index (χ0n) is 19.1.